The molecule has 3 fully saturated rings. The van der Waals surface area contributed by atoms with Crippen molar-refractivity contribution in [3.8, 4) is 0 Å². The molecule has 3 aliphatic carbocycles. The predicted molar refractivity (Wildman–Crippen MR) is 132 cm³/mol. The highest BCUT2D eigenvalue weighted by molar-refractivity contribution is 4.89. The number of rotatable bonds is 10. The Kier molecular flexibility index (Phi) is 10.7. The quantitative estimate of drug-likeness (QED) is 0.369. The maximum atomic E-state index is 11.5. The number of hydrogen-bond donors (Lipinski definition) is 2. The highest BCUT2D eigenvalue weighted by Crippen LogP contribution is 2.45. The average molecular weight is 435 g/mol. The van der Waals surface area contributed by atoms with E-state index >= 15 is 0 Å². The van der Waals surface area contributed by atoms with Crippen molar-refractivity contribution in [1.82, 2.24) is 0 Å². The number of aliphatic hydroxyl groups is 2. The lowest BCUT2D eigenvalue weighted by molar-refractivity contribution is -0.0344. The predicted octanol–water partition coefficient (Wildman–Crippen LogP) is 7.75. The minimum atomic E-state index is -0.320. The molecule has 0 saturated heterocycles. The third-order valence-corrected chi connectivity index (χ3v) is 9.67. The molecular weight excluding hydrogens is 380 g/mol. The summed E-state index contributed by atoms with van der Waals surface area (Å²) in [7, 11) is 0. The first kappa shape index (κ1) is 25.5. The molecule has 0 bridgehead atoms. The maximum absolute atomic E-state index is 11.5. The minimum absolute atomic E-state index is 0.297. The van der Waals surface area contributed by atoms with Crippen molar-refractivity contribution in [2.45, 2.75) is 142 Å². The summed E-state index contributed by atoms with van der Waals surface area (Å²) in [5.74, 6) is 4.63. The van der Waals surface area contributed by atoms with E-state index in [-0.39, 0.29) is 12.2 Å². The van der Waals surface area contributed by atoms with Gasteiger partial charge in [0.25, 0.3) is 0 Å². The molecule has 2 nitrogen and oxygen atoms in total. The minimum Gasteiger partial charge on any atom is -0.393 e. The van der Waals surface area contributed by atoms with Crippen molar-refractivity contribution in [3.05, 3.63) is 0 Å². The number of aliphatic hydroxyl groups excluding tert-OH is 2. The van der Waals surface area contributed by atoms with Crippen molar-refractivity contribution in [3.63, 3.8) is 0 Å². The molecule has 0 radical (unpaired) electrons. The first-order valence-electron chi connectivity index (χ1n) is 14.3. The first-order valence-corrected chi connectivity index (χ1v) is 14.3. The summed E-state index contributed by atoms with van der Waals surface area (Å²) >= 11 is 0. The summed E-state index contributed by atoms with van der Waals surface area (Å²) in [6, 6.07) is 0. The van der Waals surface area contributed by atoms with Gasteiger partial charge in [0, 0.05) is 0 Å². The molecule has 0 aromatic rings. The molecule has 2 heteroatoms. The van der Waals surface area contributed by atoms with Crippen molar-refractivity contribution in [2.75, 3.05) is 0 Å². The van der Waals surface area contributed by atoms with Gasteiger partial charge in [-0.05, 0) is 80.0 Å². The van der Waals surface area contributed by atoms with Crippen LogP contribution < -0.4 is 0 Å². The lowest BCUT2D eigenvalue weighted by atomic mass is 9.62. The summed E-state index contributed by atoms with van der Waals surface area (Å²) in [6.07, 6.45) is 21.1. The van der Waals surface area contributed by atoms with E-state index in [9.17, 15) is 10.2 Å². The zero-order valence-electron chi connectivity index (χ0n) is 21.1. The van der Waals surface area contributed by atoms with Gasteiger partial charge >= 0.3 is 0 Å². The topological polar surface area (TPSA) is 40.5 Å². The second-order valence-electron chi connectivity index (χ2n) is 12.4. The number of hydrogen-bond acceptors (Lipinski definition) is 2. The first-order chi connectivity index (χ1) is 15.0. The Morgan fingerprint density at radius 2 is 1.42 bits per heavy atom. The molecule has 3 aliphatic rings. The van der Waals surface area contributed by atoms with E-state index in [0.717, 1.165) is 30.6 Å². The highest BCUT2D eigenvalue weighted by Gasteiger charge is 2.39. The van der Waals surface area contributed by atoms with Crippen LogP contribution in [0.15, 0.2) is 0 Å². The molecule has 0 aliphatic heterocycles. The zero-order chi connectivity index (χ0) is 22.2. The Balaban J connectivity index is 1.64. The summed E-state index contributed by atoms with van der Waals surface area (Å²) in [5, 5.41) is 22.5. The molecule has 31 heavy (non-hydrogen) atoms. The van der Waals surface area contributed by atoms with Gasteiger partial charge < -0.3 is 10.2 Å². The van der Waals surface area contributed by atoms with Crippen LogP contribution >= 0.6 is 0 Å². The SMILES string of the molecule is CC1CCC(C(C)C)C(C(CCCC2CCCCC2)C(O)CC(O)C2CCCCC2)C1. The average Bonchev–Trinajstić information content (AvgIpc) is 2.77. The fourth-order valence-corrected chi connectivity index (χ4v) is 7.71. The second-order valence-corrected chi connectivity index (χ2v) is 12.4. The van der Waals surface area contributed by atoms with E-state index in [1.807, 2.05) is 0 Å². The van der Waals surface area contributed by atoms with Gasteiger partial charge in [-0.15, -0.1) is 0 Å². The van der Waals surface area contributed by atoms with Gasteiger partial charge in [0.15, 0.2) is 0 Å². The third-order valence-electron chi connectivity index (χ3n) is 9.67. The van der Waals surface area contributed by atoms with Gasteiger partial charge in [-0.2, -0.15) is 0 Å². The van der Waals surface area contributed by atoms with E-state index in [1.54, 1.807) is 0 Å². The van der Waals surface area contributed by atoms with Crippen LogP contribution in [0.4, 0.5) is 0 Å². The zero-order valence-corrected chi connectivity index (χ0v) is 21.1. The van der Waals surface area contributed by atoms with Crippen LogP contribution in [0.1, 0.15) is 130 Å². The fourth-order valence-electron chi connectivity index (χ4n) is 7.71. The molecule has 182 valence electrons. The van der Waals surface area contributed by atoms with Crippen LogP contribution in [0.5, 0.6) is 0 Å². The summed E-state index contributed by atoms with van der Waals surface area (Å²) in [6.45, 7) is 7.22. The van der Waals surface area contributed by atoms with E-state index in [2.05, 4.69) is 20.8 Å². The molecular formula is C29H54O2. The van der Waals surface area contributed by atoms with Crippen molar-refractivity contribution >= 4 is 0 Å². The Morgan fingerprint density at radius 3 is 2.06 bits per heavy atom. The van der Waals surface area contributed by atoms with E-state index < -0.39 is 0 Å². The van der Waals surface area contributed by atoms with Crippen molar-refractivity contribution < 1.29 is 10.2 Å². The lowest BCUT2D eigenvalue weighted by Crippen LogP contribution is -2.40. The lowest BCUT2D eigenvalue weighted by Gasteiger charge is -2.44. The van der Waals surface area contributed by atoms with Gasteiger partial charge in [-0.25, -0.2) is 0 Å². The smallest absolute Gasteiger partial charge is 0.0595 e. The second kappa shape index (κ2) is 13.0. The summed E-state index contributed by atoms with van der Waals surface area (Å²) in [4.78, 5) is 0. The Morgan fingerprint density at radius 1 is 0.774 bits per heavy atom. The molecule has 0 aromatic carbocycles. The summed E-state index contributed by atoms with van der Waals surface area (Å²) in [5.41, 5.74) is 0. The van der Waals surface area contributed by atoms with Crippen LogP contribution in [0.25, 0.3) is 0 Å². The molecule has 0 heterocycles. The monoisotopic (exact) mass is 434 g/mol. The molecule has 0 amide bonds. The van der Waals surface area contributed by atoms with E-state index in [1.165, 1.54) is 89.9 Å². The van der Waals surface area contributed by atoms with Crippen LogP contribution in [0.3, 0.4) is 0 Å². The van der Waals surface area contributed by atoms with Gasteiger partial charge in [0.05, 0.1) is 12.2 Å². The Bertz CT molecular complexity index is 477. The molecule has 6 atom stereocenters. The van der Waals surface area contributed by atoms with Gasteiger partial charge in [0.1, 0.15) is 0 Å². The molecule has 3 saturated carbocycles. The van der Waals surface area contributed by atoms with Gasteiger partial charge in [-0.1, -0.05) is 91.4 Å². The van der Waals surface area contributed by atoms with Gasteiger partial charge in [-0.3, -0.25) is 0 Å². The van der Waals surface area contributed by atoms with Crippen LogP contribution in [-0.2, 0) is 0 Å². The summed E-state index contributed by atoms with van der Waals surface area (Å²) < 4.78 is 0. The van der Waals surface area contributed by atoms with Crippen molar-refractivity contribution in [1.29, 1.82) is 0 Å². The van der Waals surface area contributed by atoms with Crippen LogP contribution in [-0.4, -0.2) is 22.4 Å². The van der Waals surface area contributed by atoms with Crippen LogP contribution in [0.2, 0.25) is 0 Å². The standard InChI is InChI=1S/C29H54O2/c1-21(2)25-18-17-22(3)19-27(25)26(16-10-13-23-11-6-4-7-12-23)29(31)20-28(30)24-14-8-5-9-15-24/h21-31H,4-20H2,1-3H3. The van der Waals surface area contributed by atoms with E-state index in [0.29, 0.717) is 30.1 Å². The molecule has 0 spiro atoms. The maximum Gasteiger partial charge on any atom is 0.0595 e. The highest BCUT2D eigenvalue weighted by atomic mass is 16.3. The Hall–Kier alpha value is -0.0800. The fraction of sp³-hybridized carbons (Fsp3) is 1.00. The Labute approximate surface area is 194 Å². The molecule has 2 N–H and O–H groups in total. The largest absolute Gasteiger partial charge is 0.393 e. The van der Waals surface area contributed by atoms with Crippen LogP contribution in [0, 0.1) is 41.4 Å². The normalized spacial score (nSPS) is 32.1. The molecule has 6 unspecified atom stereocenters. The third kappa shape index (κ3) is 7.73. The van der Waals surface area contributed by atoms with Crippen molar-refractivity contribution in [2.24, 2.45) is 41.4 Å². The van der Waals surface area contributed by atoms with Gasteiger partial charge in [0.2, 0.25) is 0 Å². The molecule has 0 aromatic heterocycles. The van der Waals surface area contributed by atoms with E-state index in [4.69, 9.17) is 0 Å². The molecule has 3 rings (SSSR count).